The quantitative estimate of drug-likeness (QED) is 0.474. The second kappa shape index (κ2) is 8.34. The Morgan fingerprint density at radius 2 is 1.70 bits per heavy atom. The van der Waals surface area contributed by atoms with Crippen LogP contribution in [-0.2, 0) is 0 Å². The molecule has 0 heterocycles. The van der Waals surface area contributed by atoms with E-state index in [-0.39, 0.29) is 17.4 Å². The fraction of sp³-hybridized carbons (Fsp3) is 0. The molecule has 5 heteroatoms. The number of ketones is 1. The highest BCUT2D eigenvalue weighted by Crippen LogP contribution is 2.19. The molecule has 2 N–H and O–H groups in total. The average Bonchev–Trinajstić information content (AvgIpc) is 2.66. The highest BCUT2D eigenvalue weighted by atomic mass is 35.5. The molecule has 3 aromatic rings. The van der Waals surface area contributed by atoms with Crippen LogP contribution in [-0.4, -0.2) is 16.8 Å². The van der Waals surface area contributed by atoms with E-state index in [2.05, 4.69) is 5.32 Å². The molecule has 0 bridgehead atoms. The molecule has 0 atom stereocenters. The van der Waals surface area contributed by atoms with Gasteiger partial charge in [0.1, 0.15) is 5.75 Å². The van der Waals surface area contributed by atoms with Crippen molar-refractivity contribution in [2.24, 2.45) is 0 Å². The molecule has 0 spiro atoms. The van der Waals surface area contributed by atoms with E-state index in [1.807, 2.05) is 6.07 Å². The van der Waals surface area contributed by atoms with Crippen molar-refractivity contribution < 1.29 is 14.7 Å². The molecule has 0 aromatic heterocycles. The number of allylic oxidation sites excluding steroid dienone is 1. The van der Waals surface area contributed by atoms with Crippen LogP contribution in [0.3, 0.4) is 0 Å². The van der Waals surface area contributed by atoms with Crippen LogP contribution in [0.15, 0.2) is 78.9 Å². The van der Waals surface area contributed by atoms with Crippen molar-refractivity contribution in [1.29, 1.82) is 0 Å². The van der Waals surface area contributed by atoms with E-state index < -0.39 is 0 Å². The van der Waals surface area contributed by atoms with E-state index in [4.69, 9.17) is 11.6 Å². The van der Waals surface area contributed by atoms with Crippen molar-refractivity contribution in [2.75, 3.05) is 5.32 Å². The van der Waals surface area contributed by atoms with E-state index in [0.29, 0.717) is 21.8 Å². The molecule has 134 valence electrons. The number of phenolic OH excluding ortho intramolecular Hbond substituents is 1. The monoisotopic (exact) mass is 377 g/mol. The summed E-state index contributed by atoms with van der Waals surface area (Å²) in [7, 11) is 0. The number of nitrogens with one attached hydrogen (secondary N) is 1. The molecule has 0 unspecified atom stereocenters. The highest BCUT2D eigenvalue weighted by molar-refractivity contribution is 6.34. The summed E-state index contributed by atoms with van der Waals surface area (Å²) in [6.45, 7) is 0. The smallest absolute Gasteiger partial charge is 0.257 e. The maximum atomic E-state index is 12.3. The van der Waals surface area contributed by atoms with Crippen LogP contribution >= 0.6 is 11.6 Å². The topological polar surface area (TPSA) is 66.4 Å². The zero-order chi connectivity index (χ0) is 19.2. The van der Waals surface area contributed by atoms with Crippen LogP contribution in [0, 0.1) is 0 Å². The van der Waals surface area contributed by atoms with Gasteiger partial charge in [-0.1, -0.05) is 54.1 Å². The molecule has 0 saturated heterocycles. The van der Waals surface area contributed by atoms with Crippen molar-refractivity contribution in [3.8, 4) is 5.75 Å². The Bertz CT molecular complexity index is 1030. The molecule has 4 nitrogen and oxygen atoms in total. The lowest BCUT2D eigenvalue weighted by molar-refractivity contribution is 0.102. The Balaban J connectivity index is 1.73. The normalized spacial score (nSPS) is 10.7. The number of aromatic hydroxyl groups is 1. The third kappa shape index (κ3) is 4.84. The SMILES string of the molecule is O=C(C=Cc1cccc(NC(=O)c2ccccc2Cl)c1)c1cccc(O)c1. The van der Waals surface area contributed by atoms with Crippen molar-refractivity contribution in [3.63, 3.8) is 0 Å². The van der Waals surface area contributed by atoms with Crippen LogP contribution in [0.25, 0.3) is 6.08 Å². The first-order valence-electron chi connectivity index (χ1n) is 8.20. The van der Waals surface area contributed by atoms with Gasteiger partial charge in [-0.15, -0.1) is 0 Å². The second-order valence-corrected chi connectivity index (χ2v) is 6.21. The number of hydrogen-bond acceptors (Lipinski definition) is 3. The Hall–Kier alpha value is -3.37. The van der Waals surface area contributed by atoms with E-state index in [1.54, 1.807) is 60.7 Å². The fourth-order valence-corrected chi connectivity index (χ4v) is 2.71. The van der Waals surface area contributed by atoms with Crippen molar-refractivity contribution in [3.05, 3.63) is 101 Å². The van der Waals surface area contributed by atoms with Crippen LogP contribution in [0.4, 0.5) is 5.69 Å². The number of phenols is 1. The van der Waals surface area contributed by atoms with Gasteiger partial charge in [-0.05, 0) is 48.0 Å². The predicted octanol–water partition coefficient (Wildman–Crippen LogP) is 5.19. The Labute approximate surface area is 161 Å². The molecular weight excluding hydrogens is 362 g/mol. The summed E-state index contributed by atoms with van der Waals surface area (Å²) in [5.41, 5.74) is 2.13. The van der Waals surface area contributed by atoms with Crippen LogP contribution in [0.5, 0.6) is 5.75 Å². The number of carbonyl (C=O) groups excluding carboxylic acids is 2. The zero-order valence-electron chi connectivity index (χ0n) is 14.2. The first-order chi connectivity index (χ1) is 13.0. The molecule has 1 amide bonds. The van der Waals surface area contributed by atoms with Crippen molar-refractivity contribution in [1.82, 2.24) is 0 Å². The summed E-state index contributed by atoms with van der Waals surface area (Å²) in [4.78, 5) is 24.5. The van der Waals surface area contributed by atoms with E-state index in [1.165, 1.54) is 18.2 Å². The summed E-state index contributed by atoms with van der Waals surface area (Å²) in [5.74, 6) is -0.493. The Morgan fingerprint density at radius 3 is 2.48 bits per heavy atom. The van der Waals surface area contributed by atoms with Gasteiger partial charge < -0.3 is 10.4 Å². The lowest BCUT2D eigenvalue weighted by Gasteiger charge is -2.07. The van der Waals surface area contributed by atoms with Gasteiger partial charge >= 0.3 is 0 Å². The van der Waals surface area contributed by atoms with Crippen LogP contribution in [0.2, 0.25) is 5.02 Å². The molecule has 0 aliphatic rings. The first kappa shape index (κ1) is 18.4. The lowest BCUT2D eigenvalue weighted by atomic mass is 10.1. The molecule has 0 saturated carbocycles. The minimum Gasteiger partial charge on any atom is -0.508 e. The Kier molecular flexibility index (Phi) is 5.69. The molecule has 0 fully saturated rings. The number of hydrogen-bond donors (Lipinski definition) is 2. The van der Waals surface area contributed by atoms with Gasteiger partial charge in [-0.2, -0.15) is 0 Å². The summed E-state index contributed by atoms with van der Waals surface area (Å²) in [6, 6.07) is 20.1. The third-order valence-electron chi connectivity index (χ3n) is 3.82. The second-order valence-electron chi connectivity index (χ2n) is 5.81. The lowest BCUT2D eigenvalue weighted by Crippen LogP contribution is -2.12. The number of benzene rings is 3. The minimum atomic E-state index is -0.308. The largest absolute Gasteiger partial charge is 0.508 e. The number of amides is 1. The molecule has 0 aliphatic carbocycles. The molecule has 0 aliphatic heterocycles. The molecular formula is C22H16ClNO3. The number of carbonyl (C=O) groups is 2. The van der Waals surface area contributed by atoms with E-state index in [9.17, 15) is 14.7 Å². The highest BCUT2D eigenvalue weighted by Gasteiger charge is 2.09. The fourth-order valence-electron chi connectivity index (χ4n) is 2.49. The number of rotatable bonds is 5. The van der Waals surface area contributed by atoms with E-state index in [0.717, 1.165) is 5.56 Å². The van der Waals surface area contributed by atoms with Gasteiger partial charge in [0.05, 0.1) is 10.6 Å². The van der Waals surface area contributed by atoms with Gasteiger partial charge in [0, 0.05) is 11.3 Å². The zero-order valence-corrected chi connectivity index (χ0v) is 15.0. The summed E-state index contributed by atoms with van der Waals surface area (Å²) >= 11 is 6.04. The molecule has 3 rings (SSSR count). The Morgan fingerprint density at radius 1 is 0.926 bits per heavy atom. The van der Waals surface area contributed by atoms with Crippen LogP contribution in [0.1, 0.15) is 26.3 Å². The van der Waals surface area contributed by atoms with Crippen molar-refractivity contribution >= 4 is 35.1 Å². The number of halogens is 1. The van der Waals surface area contributed by atoms with Crippen LogP contribution < -0.4 is 5.32 Å². The maximum Gasteiger partial charge on any atom is 0.257 e. The minimum absolute atomic E-state index is 0.0403. The summed E-state index contributed by atoms with van der Waals surface area (Å²) < 4.78 is 0. The van der Waals surface area contributed by atoms with Gasteiger partial charge in [-0.3, -0.25) is 9.59 Å². The molecule has 27 heavy (non-hydrogen) atoms. The first-order valence-corrected chi connectivity index (χ1v) is 8.58. The van der Waals surface area contributed by atoms with Gasteiger partial charge in [0.25, 0.3) is 5.91 Å². The third-order valence-corrected chi connectivity index (χ3v) is 4.15. The van der Waals surface area contributed by atoms with Gasteiger partial charge in [0.2, 0.25) is 0 Å². The summed E-state index contributed by atoms with van der Waals surface area (Å²) in [5, 5.41) is 12.6. The average molecular weight is 378 g/mol. The van der Waals surface area contributed by atoms with Gasteiger partial charge in [-0.25, -0.2) is 0 Å². The molecule has 0 radical (unpaired) electrons. The number of anilines is 1. The van der Waals surface area contributed by atoms with E-state index >= 15 is 0 Å². The predicted molar refractivity (Wildman–Crippen MR) is 107 cm³/mol. The maximum absolute atomic E-state index is 12.3. The van der Waals surface area contributed by atoms with Gasteiger partial charge in [0.15, 0.2) is 5.78 Å². The van der Waals surface area contributed by atoms with Crippen molar-refractivity contribution in [2.45, 2.75) is 0 Å². The standard InChI is InChI=1S/C22H16ClNO3/c23-20-10-2-1-9-19(20)22(27)24-17-7-3-5-15(13-17)11-12-21(26)16-6-4-8-18(25)14-16/h1-14,25H,(H,24,27). The summed E-state index contributed by atoms with van der Waals surface area (Å²) in [6.07, 6.45) is 3.07. The molecule has 3 aromatic carbocycles.